The molecule has 0 saturated heterocycles. The number of carbonyl (C=O) groups is 3. The molecular weight excluding hydrogens is 534 g/mol. The first-order valence-corrected chi connectivity index (χ1v) is 13.5. The highest BCUT2D eigenvalue weighted by molar-refractivity contribution is 7.82. The van der Waals surface area contributed by atoms with Crippen LogP contribution in [0.2, 0.25) is 0 Å². The summed E-state index contributed by atoms with van der Waals surface area (Å²) in [5.41, 5.74) is 1.18. The summed E-state index contributed by atoms with van der Waals surface area (Å²) in [6, 6.07) is 8.11. The summed E-state index contributed by atoms with van der Waals surface area (Å²) in [5, 5.41) is 22.7. The summed E-state index contributed by atoms with van der Waals surface area (Å²) < 4.78 is 16.4. The molecule has 38 heavy (non-hydrogen) atoms. The zero-order valence-electron chi connectivity index (χ0n) is 21.2. The maximum atomic E-state index is 12.5. The highest BCUT2D eigenvalue weighted by atomic mass is 32.2. The number of carbonyl (C=O) groups excluding carboxylic acids is 2. The van der Waals surface area contributed by atoms with Gasteiger partial charge >= 0.3 is 11.9 Å². The monoisotopic (exact) mass is 563 g/mol. The fourth-order valence-electron chi connectivity index (χ4n) is 2.82. The molecule has 2 aromatic heterocycles. The number of esters is 1. The summed E-state index contributed by atoms with van der Waals surface area (Å²) in [6.45, 7) is 7.29. The fraction of sp³-hybridized carbons (Fsp3) is 0.304. The zero-order chi connectivity index (χ0) is 28.2. The number of nitrogens with two attached hydrogens (primary N) is 1. The number of anilines is 3. The molecule has 0 aliphatic rings. The Kier molecular flexibility index (Phi) is 11.7. The standard InChI is InChI=1S/C21H23N7O6S2.C2H6/c1-3-34-19(32)17-11(2)25-21(35-17)28-20-26-14(18(31)24-10-16(29)30)8-15(27-20)23-9-12-4-6-13(7-5-12)36(22)33;1-2/h4-8H,3,9-10,22H2,1-2H3,(H,24,31)(H,29,30)(H2,23,25,26,27,28);1-2H3. The number of amides is 1. The third-order valence-corrected chi connectivity index (χ3v) is 6.25. The van der Waals surface area contributed by atoms with Crippen molar-refractivity contribution >= 4 is 57.1 Å². The average Bonchev–Trinajstić information content (AvgIpc) is 3.27. The van der Waals surface area contributed by atoms with Gasteiger partial charge in [0.05, 0.1) is 17.2 Å². The molecule has 13 nitrogen and oxygen atoms in total. The van der Waals surface area contributed by atoms with E-state index in [0.29, 0.717) is 27.1 Å². The van der Waals surface area contributed by atoms with Crippen LogP contribution in [0, 0.1) is 6.92 Å². The van der Waals surface area contributed by atoms with E-state index in [1.54, 1.807) is 38.1 Å². The number of benzene rings is 1. The molecular formula is C23H29N7O6S2. The predicted molar refractivity (Wildman–Crippen MR) is 144 cm³/mol. The van der Waals surface area contributed by atoms with Crippen molar-refractivity contribution in [3.05, 3.63) is 52.2 Å². The molecule has 0 spiro atoms. The minimum absolute atomic E-state index is 0.00138. The molecule has 0 aliphatic heterocycles. The molecule has 15 heteroatoms. The summed E-state index contributed by atoms with van der Waals surface area (Å²) in [6.07, 6.45) is 0. The Morgan fingerprint density at radius 3 is 2.42 bits per heavy atom. The lowest BCUT2D eigenvalue weighted by molar-refractivity contribution is -0.135. The number of ether oxygens (including phenoxy) is 1. The molecule has 1 unspecified atom stereocenters. The molecule has 0 radical (unpaired) electrons. The Bertz CT molecular complexity index is 1300. The van der Waals surface area contributed by atoms with Gasteiger partial charge in [-0.1, -0.05) is 37.3 Å². The van der Waals surface area contributed by atoms with Crippen LogP contribution in [0.3, 0.4) is 0 Å². The summed E-state index contributed by atoms with van der Waals surface area (Å²) >= 11 is 1.04. The number of carboxylic acid groups (broad SMARTS) is 1. The molecule has 6 N–H and O–H groups in total. The number of nitrogens with zero attached hydrogens (tertiary/aromatic N) is 3. The molecule has 0 bridgehead atoms. The normalized spacial score (nSPS) is 11.0. The summed E-state index contributed by atoms with van der Waals surface area (Å²) in [4.78, 5) is 48.9. The molecule has 2 heterocycles. The zero-order valence-corrected chi connectivity index (χ0v) is 22.9. The van der Waals surface area contributed by atoms with Gasteiger partial charge in [0, 0.05) is 12.6 Å². The maximum Gasteiger partial charge on any atom is 0.350 e. The van der Waals surface area contributed by atoms with Crippen molar-refractivity contribution in [2.24, 2.45) is 5.14 Å². The van der Waals surface area contributed by atoms with Crippen molar-refractivity contribution < 1.29 is 28.4 Å². The number of aromatic nitrogens is 3. The summed E-state index contributed by atoms with van der Waals surface area (Å²) in [5.74, 6) is -2.17. The molecule has 0 saturated carbocycles. The molecule has 0 aliphatic carbocycles. The van der Waals surface area contributed by atoms with Gasteiger partial charge in [-0.15, -0.1) is 0 Å². The van der Waals surface area contributed by atoms with Gasteiger partial charge in [-0.25, -0.2) is 24.1 Å². The SMILES string of the molecule is CC.CCOC(=O)c1sc(Nc2nc(NCc3ccc(S(N)=O)cc3)cc(C(=O)NCC(=O)O)n2)nc1C. The Morgan fingerprint density at radius 1 is 1.13 bits per heavy atom. The van der Waals surface area contributed by atoms with Crippen molar-refractivity contribution in [2.45, 2.75) is 39.1 Å². The second-order valence-electron chi connectivity index (χ2n) is 7.11. The highest BCUT2D eigenvalue weighted by Crippen LogP contribution is 2.26. The van der Waals surface area contributed by atoms with Crippen molar-refractivity contribution in [3.8, 4) is 0 Å². The highest BCUT2D eigenvalue weighted by Gasteiger charge is 2.18. The smallest absolute Gasteiger partial charge is 0.350 e. The first kappa shape index (κ1) is 30.3. The third-order valence-electron chi connectivity index (χ3n) is 4.46. The van der Waals surface area contributed by atoms with Crippen LogP contribution in [0.25, 0.3) is 0 Å². The van der Waals surface area contributed by atoms with Gasteiger partial charge in [0.15, 0.2) is 5.13 Å². The van der Waals surface area contributed by atoms with Gasteiger partial charge in [-0.2, -0.15) is 4.98 Å². The van der Waals surface area contributed by atoms with Crippen molar-refractivity contribution in [2.75, 3.05) is 23.8 Å². The van der Waals surface area contributed by atoms with E-state index in [-0.39, 0.29) is 24.1 Å². The lowest BCUT2D eigenvalue weighted by Gasteiger charge is -2.11. The second kappa shape index (κ2) is 14.7. The van der Waals surface area contributed by atoms with Gasteiger partial charge in [-0.3, -0.25) is 14.9 Å². The minimum atomic E-state index is -1.59. The van der Waals surface area contributed by atoms with Crippen LogP contribution in [0.4, 0.5) is 16.9 Å². The van der Waals surface area contributed by atoms with Crippen molar-refractivity contribution in [3.63, 3.8) is 0 Å². The Balaban J connectivity index is 0.00000247. The molecule has 1 amide bonds. The van der Waals surface area contributed by atoms with E-state index in [9.17, 15) is 18.6 Å². The molecule has 1 aromatic carbocycles. The number of nitrogens with one attached hydrogen (secondary N) is 3. The lowest BCUT2D eigenvalue weighted by Crippen LogP contribution is -2.30. The van der Waals surface area contributed by atoms with Crippen molar-refractivity contribution in [1.29, 1.82) is 0 Å². The van der Waals surface area contributed by atoms with Gasteiger partial charge in [0.1, 0.15) is 33.9 Å². The molecule has 0 fully saturated rings. The number of aliphatic carboxylic acids is 1. The van der Waals surface area contributed by atoms with Gasteiger partial charge in [0.2, 0.25) is 5.95 Å². The lowest BCUT2D eigenvalue weighted by atomic mass is 10.2. The quantitative estimate of drug-likeness (QED) is 0.215. The van der Waals surface area contributed by atoms with E-state index in [4.69, 9.17) is 15.0 Å². The van der Waals surface area contributed by atoms with E-state index in [0.717, 1.165) is 16.9 Å². The van der Waals surface area contributed by atoms with Gasteiger partial charge in [0.25, 0.3) is 5.91 Å². The molecule has 204 valence electrons. The number of rotatable bonds is 11. The van der Waals surface area contributed by atoms with Crippen LogP contribution in [-0.4, -0.2) is 55.3 Å². The molecule has 1 atom stereocenters. The van der Waals surface area contributed by atoms with E-state index in [1.807, 2.05) is 13.8 Å². The van der Waals surface area contributed by atoms with Crippen LogP contribution < -0.4 is 21.1 Å². The number of thiazole rings is 1. The van der Waals surface area contributed by atoms with Crippen LogP contribution in [-0.2, 0) is 27.1 Å². The van der Waals surface area contributed by atoms with Crippen LogP contribution in [0.1, 0.15) is 52.2 Å². The van der Waals surface area contributed by atoms with E-state index in [2.05, 4.69) is 30.9 Å². The Morgan fingerprint density at radius 2 is 1.82 bits per heavy atom. The second-order valence-corrected chi connectivity index (χ2v) is 9.18. The number of aryl methyl sites for hydroxylation is 1. The van der Waals surface area contributed by atoms with Gasteiger partial charge < -0.3 is 20.5 Å². The number of carboxylic acids is 1. The molecule has 3 rings (SSSR count). The van der Waals surface area contributed by atoms with Crippen LogP contribution >= 0.6 is 11.3 Å². The van der Waals surface area contributed by atoms with Gasteiger partial charge in [-0.05, 0) is 31.5 Å². The van der Waals surface area contributed by atoms with Crippen molar-refractivity contribution in [1.82, 2.24) is 20.3 Å². The Hall–Kier alpha value is -3.95. The average molecular weight is 564 g/mol. The first-order valence-electron chi connectivity index (χ1n) is 11.5. The van der Waals surface area contributed by atoms with Crippen LogP contribution in [0.5, 0.6) is 0 Å². The predicted octanol–water partition coefficient (Wildman–Crippen LogP) is 2.60. The topological polar surface area (TPSA) is 199 Å². The van der Waals surface area contributed by atoms with E-state index in [1.165, 1.54) is 6.07 Å². The number of hydrogen-bond acceptors (Lipinski definition) is 11. The fourth-order valence-corrected chi connectivity index (χ4v) is 4.08. The summed E-state index contributed by atoms with van der Waals surface area (Å²) in [7, 11) is -1.59. The first-order chi connectivity index (χ1) is 18.2. The Labute approximate surface area is 225 Å². The van der Waals surface area contributed by atoms with E-state index < -0.39 is 35.4 Å². The number of hydrogen-bond donors (Lipinski definition) is 5. The van der Waals surface area contributed by atoms with Crippen LogP contribution in [0.15, 0.2) is 35.2 Å². The maximum absolute atomic E-state index is 12.5. The molecule has 3 aromatic rings. The third kappa shape index (κ3) is 8.86. The minimum Gasteiger partial charge on any atom is -0.480 e. The largest absolute Gasteiger partial charge is 0.480 e. The van der Waals surface area contributed by atoms with E-state index >= 15 is 0 Å².